The Hall–Kier alpha value is -5.38. The quantitative estimate of drug-likeness (QED) is 0.233. The van der Waals surface area contributed by atoms with Crippen molar-refractivity contribution in [2.45, 2.75) is 31.6 Å². The number of aryl methyl sites for hydroxylation is 1. The predicted octanol–water partition coefficient (Wildman–Crippen LogP) is 4.94. The fraction of sp³-hybridized carbons (Fsp3) is 0.273. The van der Waals surface area contributed by atoms with Crippen LogP contribution in [0.2, 0.25) is 0 Å². The minimum Gasteiger partial charge on any atom is -0.480 e. The minimum absolute atomic E-state index is 0.110. The molecule has 0 bridgehead atoms. The van der Waals surface area contributed by atoms with E-state index in [9.17, 15) is 37.1 Å². The van der Waals surface area contributed by atoms with Crippen molar-refractivity contribution in [3.05, 3.63) is 99.5 Å². The average Bonchev–Trinajstić information content (AvgIpc) is 3.52. The zero-order valence-corrected chi connectivity index (χ0v) is 25.8. The maximum atomic E-state index is 15.1. The van der Waals surface area contributed by atoms with Crippen molar-refractivity contribution < 1.29 is 45.8 Å². The van der Waals surface area contributed by atoms with Crippen LogP contribution in [-0.2, 0) is 29.2 Å². The summed E-state index contributed by atoms with van der Waals surface area (Å²) in [6.07, 6.45) is -3.10. The molecule has 0 saturated carbocycles. The highest BCUT2D eigenvalue weighted by Gasteiger charge is 2.39. The number of amides is 1. The molecule has 0 unspecified atom stereocenters. The summed E-state index contributed by atoms with van der Waals surface area (Å²) in [4.78, 5) is 44.5. The molecule has 0 aliphatic carbocycles. The number of fused-ring (bicyclic) bond motifs is 2. The fourth-order valence-electron chi connectivity index (χ4n) is 6.19. The molecule has 2 atom stereocenters. The largest absolute Gasteiger partial charge is 0.480 e. The summed E-state index contributed by atoms with van der Waals surface area (Å²) < 4.78 is 95.7. The number of hydrogen-bond acceptors (Lipinski definition) is 6. The van der Waals surface area contributed by atoms with Crippen molar-refractivity contribution in [3.8, 4) is 11.1 Å². The van der Waals surface area contributed by atoms with Gasteiger partial charge in [-0.05, 0) is 49.4 Å². The fourth-order valence-corrected chi connectivity index (χ4v) is 6.19. The second-order valence-corrected chi connectivity index (χ2v) is 11.6. The molecule has 2 aromatic carbocycles. The molecule has 3 aromatic heterocycles. The van der Waals surface area contributed by atoms with E-state index in [0.717, 1.165) is 34.9 Å². The molecule has 0 spiro atoms. The lowest BCUT2D eigenvalue weighted by Crippen LogP contribution is -2.44. The van der Waals surface area contributed by atoms with Gasteiger partial charge in [-0.1, -0.05) is 0 Å². The molecule has 5 aromatic rings. The number of nitrogens with one attached hydrogen (secondary N) is 1. The number of ether oxygens (including phenoxy) is 1. The van der Waals surface area contributed by atoms with Crippen LogP contribution in [0.3, 0.4) is 0 Å². The Morgan fingerprint density at radius 3 is 2.47 bits per heavy atom. The van der Waals surface area contributed by atoms with Crippen LogP contribution >= 0.6 is 0 Å². The Labute approximate surface area is 273 Å². The molecule has 10 nitrogen and oxygen atoms in total. The maximum absolute atomic E-state index is 15.1. The number of carbonyl (C=O) groups is 2. The Kier molecular flexibility index (Phi) is 8.60. The van der Waals surface area contributed by atoms with Crippen LogP contribution in [0, 0.1) is 17.5 Å². The van der Waals surface area contributed by atoms with E-state index in [2.05, 4.69) is 10.3 Å². The molecule has 16 heteroatoms. The smallest absolute Gasteiger partial charge is 0.417 e. The van der Waals surface area contributed by atoms with Crippen molar-refractivity contribution >= 4 is 34.1 Å². The number of benzene rings is 2. The van der Waals surface area contributed by atoms with E-state index in [1.165, 1.54) is 29.9 Å². The van der Waals surface area contributed by atoms with Crippen LogP contribution in [-0.4, -0.2) is 62.8 Å². The highest BCUT2D eigenvalue weighted by molar-refractivity contribution is 5.97. The predicted molar refractivity (Wildman–Crippen MR) is 165 cm³/mol. The number of rotatable bonds is 7. The van der Waals surface area contributed by atoms with E-state index in [4.69, 9.17) is 4.74 Å². The Morgan fingerprint density at radius 2 is 1.82 bits per heavy atom. The van der Waals surface area contributed by atoms with Crippen molar-refractivity contribution in [2.75, 3.05) is 24.7 Å². The van der Waals surface area contributed by atoms with Gasteiger partial charge >= 0.3 is 12.1 Å². The van der Waals surface area contributed by atoms with E-state index in [1.807, 2.05) is 0 Å². The second-order valence-electron chi connectivity index (χ2n) is 11.6. The van der Waals surface area contributed by atoms with Gasteiger partial charge in [-0.15, -0.1) is 0 Å². The first-order valence-electron chi connectivity index (χ1n) is 14.9. The van der Waals surface area contributed by atoms with E-state index >= 15 is 8.78 Å². The lowest BCUT2D eigenvalue weighted by molar-refractivity contribution is -0.139. The molecule has 1 fully saturated rings. The summed E-state index contributed by atoms with van der Waals surface area (Å²) in [5.74, 6) is -6.30. The third-order valence-corrected chi connectivity index (χ3v) is 8.51. The first kappa shape index (κ1) is 33.5. The zero-order chi connectivity index (χ0) is 35.4. The van der Waals surface area contributed by atoms with E-state index < -0.39 is 75.6 Å². The Balaban J connectivity index is 1.36. The van der Waals surface area contributed by atoms with Gasteiger partial charge < -0.3 is 29.0 Å². The summed E-state index contributed by atoms with van der Waals surface area (Å²) in [6, 6.07) is 5.06. The summed E-state index contributed by atoms with van der Waals surface area (Å²) in [7, 11) is 1.24. The van der Waals surface area contributed by atoms with Gasteiger partial charge in [0.15, 0.2) is 0 Å². The number of carbonyl (C=O) groups excluding carboxylic acids is 1. The number of morpholine rings is 1. The number of imidazole rings is 1. The van der Waals surface area contributed by atoms with Gasteiger partial charge in [-0.25, -0.2) is 22.9 Å². The molecule has 1 saturated heterocycles. The number of halogens is 6. The van der Waals surface area contributed by atoms with Crippen molar-refractivity contribution in [1.29, 1.82) is 0 Å². The third-order valence-electron chi connectivity index (χ3n) is 8.51. The second kappa shape index (κ2) is 12.6. The molecule has 1 aliphatic heterocycles. The number of pyridine rings is 2. The molecule has 4 heterocycles. The number of anilines is 1. The average molecular weight is 688 g/mol. The molecule has 1 amide bonds. The summed E-state index contributed by atoms with van der Waals surface area (Å²) in [5.41, 5.74) is -4.54. The first-order valence-corrected chi connectivity index (χ1v) is 14.9. The Morgan fingerprint density at radius 1 is 1.10 bits per heavy atom. The number of carboxylic acid groups (broad SMARTS) is 1. The lowest BCUT2D eigenvalue weighted by Gasteiger charge is -2.35. The van der Waals surface area contributed by atoms with Crippen LogP contribution in [0.4, 0.5) is 32.0 Å². The Bertz CT molecular complexity index is 2170. The van der Waals surface area contributed by atoms with Crippen molar-refractivity contribution in [2.24, 2.45) is 7.05 Å². The number of alkyl halides is 3. The van der Waals surface area contributed by atoms with Gasteiger partial charge in [-0.2, -0.15) is 13.2 Å². The van der Waals surface area contributed by atoms with Crippen LogP contribution in [0.25, 0.3) is 27.7 Å². The molecular weight excluding hydrogens is 660 g/mol. The van der Waals surface area contributed by atoms with Crippen LogP contribution in [0.1, 0.15) is 28.5 Å². The lowest BCUT2D eigenvalue weighted by atomic mass is 9.96. The zero-order valence-electron chi connectivity index (χ0n) is 25.8. The van der Waals surface area contributed by atoms with Crippen LogP contribution in [0.5, 0.6) is 0 Å². The normalized spacial score (nSPS) is 15.9. The number of nitrogens with zero attached hydrogens (tertiary/aromatic N) is 4. The molecular formula is C33H27F6N5O5. The van der Waals surface area contributed by atoms with Gasteiger partial charge in [0, 0.05) is 60.8 Å². The molecule has 1 aliphatic rings. The molecule has 256 valence electrons. The van der Waals surface area contributed by atoms with E-state index in [1.54, 1.807) is 11.8 Å². The van der Waals surface area contributed by atoms with Crippen molar-refractivity contribution in [1.82, 2.24) is 19.3 Å². The molecule has 49 heavy (non-hydrogen) atoms. The number of aliphatic carboxylic acids is 1. The van der Waals surface area contributed by atoms with Gasteiger partial charge in [0.25, 0.3) is 11.5 Å². The summed E-state index contributed by atoms with van der Waals surface area (Å²) in [5, 5.41) is 11.5. The summed E-state index contributed by atoms with van der Waals surface area (Å²) in [6.45, 7) is 2.83. The minimum atomic E-state index is -5.10. The standard InChI is InChI=1S/C33H27F6N5O5/c1-16-15-49-10-9-43(16)19-12-22(35)27(23(36)13-19)30(45)41-24(32(47)48)14-18-4-5-20(29-40-7-8-44(18)29)26-28(33(37,38)39)21-11-17(34)3-6-25(21)42(2)31(26)46/h3-8,11-13,16,24H,9-10,14-15H2,1-2H3,(H,41,45)(H,47,48)/t16-,24+/m1/s1. The summed E-state index contributed by atoms with van der Waals surface area (Å²) >= 11 is 0. The number of aromatic nitrogens is 3. The molecule has 2 N–H and O–H groups in total. The SMILES string of the molecule is C[C@@H]1COCCN1c1cc(F)c(C(=O)N[C@@H](Cc2ccc(-c3c(C(F)(F)F)c4cc(F)ccc4n(C)c3=O)c3nccn23)C(=O)O)c(F)c1. The van der Waals surface area contributed by atoms with Crippen LogP contribution in [0.15, 0.2) is 59.7 Å². The third kappa shape index (κ3) is 6.07. The first-order chi connectivity index (χ1) is 23.2. The number of carboxylic acids is 1. The monoisotopic (exact) mass is 687 g/mol. The van der Waals surface area contributed by atoms with Gasteiger partial charge in [0.2, 0.25) is 0 Å². The van der Waals surface area contributed by atoms with E-state index in [-0.39, 0.29) is 34.2 Å². The highest BCUT2D eigenvalue weighted by Crippen LogP contribution is 2.41. The van der Waals surface area contributed by atoms with Gasteiger partial charge in [0.1, 0.15) is 34.7 Å². The van der Waals surface area contributed by atoms with Gasteiger partial charge in [0.05, 0.1) is 29.9 Å². The van der Waals surface area contributed by atoms with Crippen LogP contribution < -0.4 is 15.8 Å². The van der Waals surface area contributed by atoms with Gasteiger partial charge in [-0.3, -0.25) is 9.59 Å². The molecule has 0 radical (unpaired) electrons. The maximum Gasteiger partial charge on any atom is 0.417 e. The molecule has 6 rings (SSSR count). The van der Waals surface area contributed by atoms with Crippen molar-refractivity contribution in [3.63, 3.8) is 0 Å². The topological polar surface area (TPSA) is 118 Å². The highest BCUT2D eigenvalue weighted by atomic mass is 19.4. The van der Waals surface area contributed by atoms with E-state index in [0.29, 0.717) is 25.8 Å². The number of hydrogen-bond donors (Lipinski definition) is 2.